The number of pyridine rings is 1. The molecule has 5 rings (SSSR count). The van der Waals surface area contributed by atoms with Crippen molar-refractivity contribution in [1.29, 1.82) is 0 Å². The van der Waals surface area contributed by atoms with Crippen LogP contribution in [0.25, 0.3) is 28.0 Å². The Balaban J connectivity index is 1.56. The van der Waals surface area contributed by atoms with Gasteiger partial charge in [0.15, 0.2) is 0 Å². The van der Waals surface area contributed by atoms with Crippen LogP contribution in [0.4, 0.5) is 5.69 Å². The monoisotopic (exact) mass is 441 g/mol. The van der Waals surface area contributed by atoms with Crippen LogP contribution in [0.1, 0.15) is 12.0 Å². The molecule has 0 radical (unpaired) electrons. The summed E-state index contributed by atoms with van der Waals surface area (Å²) in [6, 6.07) is 19.2. The standard InChI is InChI=1S/C26H27N5O2/c1-28-12-5-13-29(15-14-28)17-23-16-22(20-6-3-2-4-7-20)18-30-19-25(27-26(23)30)21-8-10-24(11-9-21)31(32)33/h2-4,6-11,16,18-19H,5,12-15,17H2,1H3. The predicted octanol–water partition coefficient (Wildman–Crippen LogP) is 4.71. The summed E-state index contributed by atoms with van der Waals surface area (Å²) in [6.07, 6.45) is 5.29. The minimum absolute atomic E-state index is 0.0840. The van der Waals surface area contributed by atoms with Crippen molar-refractivity contribution in [3.8, 4) is 22.4 Å². The molecule has 33 heavy (non-hydrogen) atoms. The third-order valence-corrected chi connectivity index (χ3v) is 6.31. The topological polar surface area (TPSA) is 66.9 Å². The lowest BCUT2D eigenvalue weighted by Crippen LogP contribution is -2.28. The SMILES string of the molecule is CN1CCCN(Cc2cc(-c3ccccc3)cn3cc(-c4ccc([N+](=O)[O-])cc4)nc23)CC1. The summed E-state index contributed by atoms with van der Waals surface area (Å²) in [7, 11) is 2.18. The first-order valence-electron chi connectivity index (χ1n) is 11.3. The second-order valence-corrected chi connectivity index (χ2v) is 8.71. The number of non-ortho nitro benzene ring substituents is 1. The summed E-state index contributed by atoms with van der Waals surface area (Å²) in [5.41, 5.74) is 6.20. The number of hydrogen-bond acceptors (Lipinski definition) is 5. The maximum absolute atomic E-state index is 11.0. The van der Waals surface area contributed by atoms with Crippen LogP contribution >= 0.6 is 0 Å². The molecule has 0 aliphatic carbocycles. The van der Waals surface area contributed by atoms with Crippen molar-refractivity contribution >= 4 is 11.3 Å². The second kappa shape index (κ2) is 9.13. The van der Waals surface area contributed by atoms with Gasteiger partial charge in [-0.3, -0.25) is 15.0 Å². The van der Waals surface area contributed by atoms with E-state index in [4.69, 9.17) is 4.98 Å². The molecule has 168 valence electrons. The highest BCUT2D eigenvalue weighted by atomic mass is 16.6. The number of fused-ring (bicyclic) bond motifs is 1. The highest BCUT2D eigenvalue weighted by Crippen LogP contribution is 2.28. The van der Waals surface area contributed by atoms with Crippen molar-refractivity contribution < 1.29 is 4.92 Å². The number of benzene rings is 2. The Morgan fingerprint density at radius 3 is 2.45 bits per heavy atom. The van der Waals surface area contributed by atoms with Gasteiger partial charge in [0, 0.05) is 55.3 Å². The van der Waals surface area contributed by atoms with Gasteiger partial charge in [-0.05, 0) is 55.9 Å². The number of rotatable bonds is 5. The van der Waals surface area contributed by atoms with Crippen LogP contribution in [0.3, 0.4) is 0 Å². The predicted molar refractivity (Wildman–Crippen MR) is 130 cm³/mol. The molecule has 0 spiro atoms. The normalized spacial score (nSPS) is 15.5. The second-order valence-electron chi connectivity index (χ2n) is 8.71. The molecule has 0 bridgehead atoms. The number of nitro benzene ring substituents is 1. The fourth-order valence-electron chi connectivity index (χ4n) is 4.47. The molecule has 1 fully saturated rings. The van der Waals surface area contributed by atoms with Gasteiger partial charge in [0.1, 0.15) is 5.65 Å². The number of aromatic nitrogens is 2. The Morgan fingerprint density at radius 2 is 1.70 bits per heavy atom. The Labute approximate surface area is 193 Å². The molecule has 2 aromatic heterocycles. The third-order valence-electron chi connectivity index (χ3n) is 6.31. The van der Waals surface area contributed by atoms with E-state index in [2.05, 4.69) is 57.8 Å². The zero-order valence-corrected chi connectivity index (χ0v) is 18.7. The van der Waals surface area contributed by atoms with Gasteiger partial charge in [-0.15, -0.1) is 0 Å². The van der Waals surface area contributed by atoms with Gasteiger partial charge in [-0.2, -0.15) is 0 Å². The van der Waals surface area contributed by atoms with Crippen LogP contribution in [-0.4, -0.2) is 57.3 Å². The lowest BCUT2D eigenvalue weighted by Gasteiger charge is -2.21. The summed E-state index contributed by atoms with van der Waals surface area (Å²) < 4.78 is 2.10. The van der Waals surface area contributed by atoms with Crippen LogP contribution in [0, 0.1) is 10.1 Å². The molecule has 0 amide bonds. The molecular weight excluding hydrogens is 414 g/mol. The van der Waals surface area contributed by atoms with Crippen LogP contribution in [0.5, 0.6) is 0 Å². The molecule has 0 atom stereocenters. The molecule has 1 saturated heterocycles. The van der Waals surface area contributed by atoms with Crippen LogP contribution < -0.4 is 0 Å². The molecule has 0 unspecified atom stereocenters. The van der Waals surface area contributed by atoms with Gasteiger partial charge in [-0.25, -0.2) is 4.98 Å². The maximum Gasteiger partial charge on any atom is 0.269 e. The van der Waals surface area contributed by atoms with Gasteiger partial charge < -0.3 is 9.30 Å². The molecule has 7 heteroatoms. The van der Waals surface area contributed by atoms with Crippen LogP contribution in [-0.2, 0) is 6.54 Å². The Hall–Kier alpha value is -3.55. The highest BCUT2D eigenvalue weighted by Gasteiger charge is 2.17. The van der Waals surface area contributed by atoms with E-state index in [-0.39, 0.29) is 10.6 Å². The number of likely N-dealkylation sites (N-methyl/N-ethyl adjacent to an activating group) is 1. The van der Waals surface area contributed by atoms with E-state index in [1.807, 2.05) is 12.3 Å². The molecule has 0 N–H and O–H groups in total. The van der Waals surface area contributed by atoms with Crippen molar-refractivity contribution in [3.05, 3.63) is 88.7 Å². The van der Waals surface area contributed by atoms with E-state index >= 15 is 0 Å². The number of hydrogen-bond donors (Lipinski definition) is 0. The fourth-order valence-corrected chi connectivity index (χ4v) is 4.47. The molecule has 7 nitrogen and oxygen atoms in total. The van der Waals surface area contributed by atoms with Crippen molar-refractivity contribution in [1.82, 2.24) is 19.2 Å². The smallest absolute Gasteiger partial charge is 0.269 e. The van der Waals surface area contributed by atoms with Crippen molar-refractivity contribution in [3.63, 3.8) is 0 Å². The number of nitrogens with zero attached hydrogens (tertiary/aromatic N) is 5. The van der Waals surface area contributed by atoms with E-state index in [0.29, 0.717) is 0 Å². The molecule has 0 saturated carbocycles. The summed E-state index contributed by atoms with van der Waals surface area (Å²) in [5.74, 6) is 0. The van der Waals surface area contributed by atoms with Crippen LogP contribution in [0.2, 0.25) is 0 Å². The molecular formula is C26H27N5O2. The van der Waals surface area contributed by atoms with Crippen molar-refractivity contribution in [2.75, 3.05) is 33.2 Å². The van der Waals surface area contributed by atoms with Gasteiger partial charge in [0.2, 0.25) is 0 Å². The summed E-state index contributed by atoms with van der Waals surface area (Å²) in [5, 5.41) is 11.0. The minimum Gasteiger partial charge on any atom is -0.306 e. The Morgan fingerprint density at radius 1 is 0.909 bits per heavy atom. The minimum atomic E-state index is -0.379. The van der Waals surface area contributed by atoms with E-state index in [0.717, 1.165) is 61.6 Å². The molecule has 2 aromatic carbocycles. The fraction of sp³-hybridized carbons (Fsp3) is 0.269. The van der Waals surface area contributed by atoms with Crippen molar-refractivity contribution in [2.45, 2.75) is 13.0 Å². The molecule has 1 aliphatic heterocycles. The largest absolute Gasteiger partial charge is 0.306 e. The first kappa shape index (κ1) is 21.3. The lowest BCUT2D eigenvalue weighted by molar-refractivity contribution is -0.384. The lowest BCUT2D eigenvalue weighted by atomic mass is 10.1. The zero-order chi connectivity index (χ0) is 22.8. The van der Waals surface area contributed by atoms with E-state index < -0.39 is 0 Å². The zero-order valence-electron chi connectivity index (χ0n) is 18.7. The first-order chi connectivity index (χ1) is 16.1. The molecule has 4 aromatic rings. The van der Waals surface area contributed by atoms with E-state index in [1.54, 1.807) is 12.1 Å². The third kappa shape index (κ3) is 4.65. The molecule has 3 heterocycles. The summed E-state index contributed by atoms with van der Waals surface area (Å²) in [4.78, 5) is 20.5. The van der Waals surface area contributed by atoms with Gasteiger partial charge >= 0.3 is 0 Å². The first-order valence-corrected chi connectivity index (χ1v) is 11.3. The number of nitro groups is 1. The van der Waals surface area contributed by atoms with Crippen molar-refractivity contribution in [2.24, 2.45) is 0 Å². The van der Waals surface area contributed by atoms with Gasteiger partial charge in [0.05, 0.1) is 10.6 Å². The summed E-state index contributed by atoms with van der Waals surface area (Å²) >= 11 is 0. The van der Waals surface area contributed by atoms with Gasteiger partial charge in [0.25, 0.3) is 5.69 Å². The average Bonchev–Trinajstić information content (AvgIpc) is 3.17. The van der Waals surface area contributed by atoms with Gasteiger partial charge in [-0.1, -0.05) is 30.3 Å². The van der Waals surface area contributed by atoms with Crippen LogP contribution in [0.15, 0.2) is 73.1 Å². The van der Waals surface area contributed by atoms with E-state index in [9.17, 15) is 10.1 Å². The Bertz CT molecular complexity index is 1270. The average molecular weight is 442 g/mol. The Kier molecular flexibility index (Phi) is 5.90. The quantitative estimate of drug-likeness (QED) is 0.331. The maximum atomic E-state index is 11.0. The van der Waals surface area contributed by atoms with E-state index in [1.165, 1.54) is 23.3 Å². The molecule has 1 aliphatic rings. The highest BCUT2D eigenvalue weighted by molar-refractivity contribution is 5.70. The number of imidazole rings is 1. The summed E-state index contributed by atoms with van der Waals surface area (Å²) in [6.45, 7) is 5.14.